The van der Waals surface area contributed by atoms with Crippen molar-refractivity contribution in [2.24, 2.45) is 11.3 Å². The van der Waals surface area contributed by atoms with E-state index in [1.54, 1.807) is 0 Å². The second kappa shape index (κ2) is 7.40. The maximum Gasteiger partial charge on any atom is 0.311 e. The number of amides is 1. The van der Waals surface area contributed by atoms with Crippen molar-refractivity contribution in [3.8, 4) is 0 Å². The molecule has 0 bridgehead atoms. The van der Waals surface area contributed by atoms with Gasteiger partial charge in [-0.2, -0.15) is 0 Å². The average Bonchev–Trinajstić information content (AvgIpc) is 2.54. The number of hydroxylamine groups is 2. The van der Waals surface area contributed by atoms with Crippen molar-refractivity contribution in [2.45, 2.75) is 39.2 Å². The van der Waals surface area contributed by atoms with E-state index in [2.05, 4.69) is 6.92 Å². The Bertz CT molecular complexity index is 495. The van der Waals surface area contributed by atoms with Crippen LogP contribution < -0.4 is 0 Å². The van der Waals surface area contributed by atoms with E-state index in [1.807, 2.05) is 30.3 Å². The Morgan fingerprint density at radius 2 is 2.00 bits per heavy atom. The van der Waals surface area contributed by atoms with Crippen molar-refractivity contribution < 1.29 is 19.5 Å². The fourth-order valence-electron chi connectivity index (χ4n) is 2.90. The lowest BCUT2D eigenvalue weighted by Crippen LogP contribution is -2.45. The average molecular weight is 305 g/mol. The molecule has 0 radical (unpaired) electrons. The van der Waals surface area contributed by atoms with Crippen molar-refractivity contribution in [2.75, 3.05) is 6.54 Å². The van der Waals surface area contributed by atoms with Crippen molar-refractivity contribution in [1.29, 1.82) is 0 Å². The molecule has 0 aromatic heterocycles. The maximum absolute atomic E-state index is 11.7. The first-order valence-electron chi connectivity index (χ1n) is 7.68. The highest BCUT2D eigenvalue weighted by molar-refractivity contribution is 5.75. The van der Waals surface area contributed by atoms with Crippen molar-refractivity contribution in [3.05, 3.63) is 35.9 Å². The zero-order chi connectivity index (χ0) is 16.0. The van der Waals surface area contributed by atoms with E-state index in [-0.39, 0.29) is 13.2 Å². The number of benzene rings is 1. The third-order valence-corrected chi connectivity index (χ3v) is 4.50. The summed E-state index contributed by atoms with van der Waals surface area (Å²) in [5, 5.41) is 10.7. The number of hydrogen-bond acceptors (Lipinski definition) is 3. The molecule has 120 valence electrons. The molecule has 5 nitrogen and oxygen atoms in total. The molecular weight excluding hydrogens is 282 g/mol. The van der Waals surface area contributed by atoms with Crippen molar-refractivity contribution in [1.82, 2.24) is 5.06 Å². The van der Waals surface area contributed by atoms with Gasteiger partial charge in [0.05, 0.1) is 12.0 Å². The number of carbonyl (C=O) groups is 2. The SMILES string of the molecule is CC1CCC(CN(C=O)OCc2ccccc2)(C(=O)O)CC1. The molecule has 0 unspecified atom stereocenters. The Balaban J connectivity index is 1.97. The highest BCUT2D eigenvalue weighted by Gasteiger charge is 2.42. The number of carboxylic acid groups (broad SMARTS) is 1. The lowest BCUT2D eigenvalue weighted by Gasteiger charge is -2.37. The highest BCUT2D eigenvalue weighted by atomic mass is 16.7. The first-order chi connectivity index (χ1) is 10.6. The van der Waals surface area contributed by atoms with Gasteiger partial charge in [0.15, 0.2) is 0 Å². The number of hydrogen-bond donors (Lipinski definition) is 1. The Morgan fingerprint density at radius 3 is 2.55 bits per heavy atom. The molecule has 1 saturated carbocycles. The molecule has 0 aliphatic heterocycles. The minimum atomic E-state index is -0.885. The third-order valence-electron chi connectivity index (χ3n) is 4.50. The number of carboxylic acids is 1. The summed E-state index contributed by atoms with van der Waals surface area (Å²) in [4.78, 5) is 28.4. The van der Waals surface area contributed by atoms with Gasteiger partial charge in [0, 0.05) is 0 Å². The molecule has 1 aromatic carbocycles. The van der Waals surface area contributed by atoms with Gasteiger partial charge >= 0.3 is 5.97 Å². The Labute approximate surface area is 130 Å². The van der Waals surface area contributed by atoms with Crippen LogP contribution in [0.25, 0.3) is 0 Å². The highest BCUT2D eigenvalue weighted by Crippen LogP contribution is 2.39. The molecule has 1 fully saturated rings. The Hall–Kier alpha value is -1.88. The standard InChI is InChI=1S/C17H23NO4/c1-14-7-9-17(10-8-14,16(20)21)12-18(13-19)22-11-15-5-3-2-4-6-15/h2-6,13-14H,7-12H2,1H3,(H,20,21). The summed E-state index contributed by atoms with van der Waals surface area (Å²) in [6.07, 6.45) is 3.49. The number of rotatable bonds is 7. The van der Waals surface area contributed by atoms with Crippen LogP contribution in [-0.2, 0) is 21.0 Å². The van der Waals surface area contributed by atoms with Gasteiger partial charge in [0.25, 0.3) is 0 Å². The molecule has 0 spiro atoms. The van der Waals surface area contributed by atoms with Crippen LogP contribution in [0.15, 0.2) is 30.3 Å². The lowest BCUT2D eigenvalue weighted by atomic mass is 9.71. The number of carbonyl (C=O) groups excluding carboxylic acids is 1. The van der Waals surface area contributed by atoms with Gasteiger partial charge in [0.1, 0.15) is 6.61 Å². The molecular formula is C17H23NO4. The molecule has 2 rings (SSSR count). The van der Waals surface area contributed by atoms with Crippen LogP contribution in [0.4, 0.5) is 0 Å². The van der Waals surface area contributed by atoms with Gasteiger partial charge in [-0.15, -0.1) is 0 Å². The summed E-state index contributed by atoms with van der Waals surface area (Å²) >= 11 is 0. The van der Waals surface area contributed by atoms with Gasteiger partial charge in [-0.1, -0.05) is 37.3 Å². The van der Waals surface area contributed by atoms with Crippen molar-refractivity contribution in [3.63, 3.8) is 0 Å². The zero-order valence-corrected chi connectivity index (χ0v) is 12.9. The largest absolute Gasteiger partial charge is 0.481 e. The first-order valence-corrected chi connectivity index (χ1v) is 7.68. The van der Waals surface area contributed by atoms with E-state index in [0.717, 1.165) is 23.5 Å². The molecule has 5 heteroatoms. The van der Waals surface area contributed by atoms with Crippen LogP contribution in [0, 0.1) is 11.3 Å². The Morgan fingerprint density at radius 1 is 1.36 bits per heavy atom. The van der Waals surface area contributed by atoms with Crippen LogP contribution >= 0.6 is 0 Å². The fourth-order valence-corrected chi connectivity index (χ4v) is 2.90. The number of aliphatic carboxylic acids is 1. The van der Waals surface area contributed by atoms with Crippen molar-refractivity contribution >= 4 is 12.4 Å². The van der Waals surface area contributed by atoms with Gasteiger partial charge in [-0.3, -0.25) is 14.4 Å². The predicted molar refractivity (Wildman–Crippen MR) is 81.7 cm³/mol. The van der Waals surface area contributed by atoms with Crippen LogP contribution in [0.5, 0.6) is 0 Å². The van der Waals surface area contributed by atoms with E-state index >= 15 is 0 Å². The smallest absolute Gasteiger partial charge is 0.311 e. The van der Waals surface area contributed by atoms with Crippen LogP contribution in [0.2, 0.25) is 0 Å². The molecule has 1 aromatic rings. The topological polar surface area (TPSA) is 66.8 Å². The molecule has 22 heavy (non-hydrogen) atoms. The molecule has 1 amide bonds. The second-order valence-electron chi connectivity index (χ2n) is 6.21. The molecule has 0 saturated heterocycles. The summed E-state index contributed by atoms with van der Waals surface area (Å²) in [5.41, 5.74) is 0.0559. The second-order valence-corrected chi connectivity index (χ2v) is 6.21. The van der Waals surface area contributed by atoms with Crippen LogP contribution in [0.3, 0.4) is 0 Å². The monoisotopic (exact) mass is 305 g/mol. The van der Waals surface area contributed by atoms with E-state index in [9.17, 15) is 14.7 Å². The first kappa shape index (κ1) is 16.5. The maximum atomic E-state index is 11.7. The van der Waals surface area contributed by atoms with E-state index < -0.39 is 11.4 Å². The van der Waals surface area contributed by atoms with Gasteiger partial charge in [-0.25, -0.2) is 5.06 Å². The summed E-state index contributed by atoms with van der Waals surface area (Å²) in [6.45, 7) is 2.49. The summed E-state index contributed by atoms with van der Waals surface area (Å²) < 4.78 is 0. The van der Waals surface area contributed by atoms with E-state index in [4.69, 9.17) is 4.84 Å². The molecule has 1 N–H and O–H groups in total. The summed E-state index contributed by atoms with van der Waals surface area (Å²) in [5.74, 6) is -0.294. The van der Waals surface area contributed by atoms with Gasteiger partial charge in [0.2, 0.25) is 6.41 Å². The van der Waals surface area contributed by atoms with Gasteiger partial charge in [-0.05, 0) is 37.2 Å². The van der Waals surface area contributed by atoms with E-state index in [1.165, 1.54) is 0 Å². The van der Waals surface area contributed by atoms with Gasteiger partial charge < -0.3 is 5.11 Å². The number of nitrogens with zero attached hydrogens (tertiary/aromatic N) is 1. The third kappa shape index (κ3) is 4.07. The normalized spacial score (nSPS) is 24.7. The van der Waals surface area contributed by atoms with E-state index in [0.29, 0.717) is 25.2 Å². The fraction of sp³-hybridized carbons (Fsp3) is 0.529. The summed E-state index contributed by atoms with van der Waals surface area (Å²) in [6, 6.07) is 9.50. The van der Waals surface area contributed by atoms with Crippen LogP contribution in [0.1, 0.15) is 38.2 Å². The lowest BCUT2D eigenvalue weighted by molar-refractivity contribution is -0.194. The minimum absolute atomic E-state index is 0.103. The molecule has 0 atom stereocenters. The quantitative estimate of drug-likeness (QED) is 0.621. The zero-order valence-electron chi connectivity index (χ0n) is 12.9. The molecule has 1 aliphatic rings. The Kier molecular flexibility index (Phi) is 5.55. The minimum Gasteiger partial charge on any atom is -0.481 e. The summed E-state index contributed by atoms with van der Waals surface area (Å²) in [7, 11) is 0. The molecule has 0 heterocycles. The van der Waals surface area contributed by atoms with Crippen LogP contribution in [-0.4, -0.2) is 29.1 Å². The predicted octanol–water partition coefficient (Wildman–Crippen LogP) is 2.86. The molecule has 1 aliphatic carbocycles.